The van der Waals surface area contributed by atoms with Gasteiger partial charge in [0.15, 0.2) is 0 Å². The van der Waals surface area contributed by atoms with Crippen LogP contribution in [0.1, 0.15) is 63.5 Å². The van der Waals surface area contributed by atoms with Crippen LogP contribution >= 0.6 is 0 Å². The molecule has 1 aromatic carbocycles. The van der Waals surface area contributed by atoms with E-state index in [0.717, 1.165) is 50.6 Å². The molecule has 0 spiro atoms. The highest BCUT2D eigenvalue weighted by molar-refractivity contribution is 5.74. The van der Waals surface area contributed by atoms with Crippen molar-refractivity contribution < 1.29 is 14.6 Å². The Morgan fingerprint density at radius 1 is 1.16 bits per heavy atom. The topological polar surface area (TPSA) is 73.8 Å². The number of hydrogen-bond acceptors (Lipinski definition) is 4. The van der Waals surface area contributed by atoms with E-state index in [1.807, 2.05) is 30.1 Å². The number of aliphatic hydroxyl groups excluding tert-OH is 1. The molecule has 3 rings (SSSR count). The molecular formula is C26H39N3O3. The second kappa shape index (κ2) is 12.7. The van der Waals surface area contributed by atoms with Crippen molar-refractivity contribution in [1.82, 2.24) is 15.5 Å². The fourth-order valence-corrected chi connectivity index (χ4v) is 5.17. The Labute approximate surface area is 193 Å². The predicted octanol–water partition coefficient (Wildman–Crippen LogP) is 3.68. The molecule has 3 N–H and O–H groups in total. The molecule has 0 aromatic heterocycles. The van der Waals surface area contributed by atoms with Gasteiger partial charge in [-0.1, -0.05) is 55.5 Å². The quantitative estimate of drug-likeness (QED) is 0.538. The van der Waals surface area contributed by atoms with Crippen molar-refractivity contribution in [2.24, 2.45) is 11.8 Å². The Morgan fingerprint density at radius 3 is 2.56 bits per heavy atom. The van der Waals surface area contributed by atoms with Crippen molar-refractivity contribution in [3.8, 4) is 12.0 Å². The number of carbonyl (C=O) groups is 1. The smallest absolute Gasteiger partial charge is 0.317 e. The minimum atomic E-state index is -0.521. The molecule has 6 heteroatoms. The van der Waals surface area contributed by atoms with E-state index in [2.05, 4.69) is 34.8 Å². The molecule has 2 amide bonds. The zero-order chi connectivity index (χ0) is 22.8. The highest BCUT2D eigenvalue weighted by Crippen LogP contribution is 2.33. The van der Waals surface area contributed by atoms with Gasteiger partial charge in [-0.15, -0.1) is 0 Å². The van der Waals surface area contributed by atoms with E-state index < -0.39 is 6.10 Å². The second-order valence-electron chi connectivity index (χ2n) is 9.15. The number of piperidine rings is 1. The molecule has 6 nitrogen and oxygen atoms in total. The standard InChI is InChI=1S/C26H39N3O3/c1-3-17-32-25(21-13-8-5-9-14-21)22-15-10-16-29(19-22)26(31)28-23(18-27-2)24(30)20-11-6-4-7-12-20/h5,8-9,13-14,20,22-25,27,30H,4,6-7,10-12,15-16,18-19H2,1-2H3,(H,28,31)/t22-,23?,24?,25+/m1/s1. The molecule has 4 atom stereocenters. The maximum atomic E-state index is 13.2. The van der Waals surface area contributed by atoms with Gasteiger partial charge in [0.05, 0.1) is 12.1 Å². The molecule has 2 aliphatic rings. The number of nitrogens with zero attached hydrogens (tertiary/aromatic N) is 1. The van der Waals surface area contributed by atoms with Crippen LogP contribution in [-0.4, -0.2) is 54.9 Å². The van der Waals surface area contributed by atoms with Gasteiger partial charge in [-0.05, 0) is 44.2 Å². The van der Waals surface area contributed by atoms with E-state index in [4.69, 9.17) is 4.74 Å². The zero-order valence-corrected chi connectivity index (χ0v) is 19.6. The van der Waals surface area contributed by atoms with Crippen molar-refractivity contribution in [3.63, 3.8) is 0 Å². The monoisotopic (exact) mass is 441 g/mol. The molecule has 2 fully saturated rings. The lowest BCUT2D eigenvalue weighted by Crippen LogP contribution is -2.56. The van der Waals surface area contributed by atoms with Crippen molar-refractivity contribution in [3.05, 3.63) is 35.9 Å². The predicted molar refractivity (Wildman–Crippen MR) is 127 cm³/mol. The first-order valence-corrected chi connectivity index (χ1v) is 12.1. The largest absolute Gasteiger partial charge is 0.438 e. The van der Waals surface area contributed by atoms with Gasteiger partial charge in [-0.2, -0.15) is 0 Å². The summed E-state index contributed by atoms with van der Waals surface area (Å²) in [5, 5.41) is 17.3. The van der Waals surface area contributed by atoms with E-state index in [-0.39, 0.29) is 30.0 Å². The highest BCUT2D eigenvalue weighted by atomic mass is 16.5. The molecule has 176 valence electrons. The molecule has 1 aliphatic carbocycles. The Morgan fingerprint density at radius 2 is 1.88 bits per heavy atom. The Hall–Kier alpha value is -2.23. The number of likely N-dealkylation sites (tertiary alicyclic amines) is 1. The van der Waals surface area contributed by atoms with Crippen molar-refractivity contribution in [2.45, 2.75) is 70.1 Å². The number of urea groups is 1. The molecule has 0 radical (unpaired) electrons. The SMILES string of the molecule is CC#CO[C@@H](c1ccccc1)[C@@H]1CCCN(C(=O)NC(CNC)C(O)C2CCCCC2)C1. The van der Waals surface area contributed by atoms with Gasteiger partial charge >= 0.3 is 6.03 Å². The van der Waals surface area contributed by atoms with Gasteiger partial charge in [-0.25, -0.2) is 4.79 Å². The number of carbonyl (C=O) groups excluding carboxylic acids is 1. The Kier molecular flexibility index (Phi) is 9.70. The van der Waals surface area contributed by atoms with Gasteiger partial charge in [-0.3, -0.25) is 0 Å². The molecule has 0 bridgehead atoms. The molecule has 1 heterocycles. The minimum Gasteiger partial charge on any atom is -0.438 e. The first kappa shape index (κ1) is 24.4. The summed E-state index contributed by atoms with van der Waals surface area (Å²) < 4.78 is 5.91. The number of amides is 2. The maximum Gasteiger partial charge on any atom is 0.317 e. The average molecular weight is 442 g/mol. The van der Waals surface area contributed by atoms with E-state index in [1.165, 1.54) is 6.42 Å². The maximum absolute atomic E-state index is 13.2. The van der Waals surface area contributed by atoms with Crippen LogP contribution in [0.2, 0.25) is 0 Å². The number of aliphatic hydroxyl groups is 1. The number of nitrogens with one attached hydrogen (secondary N) is 2. The summed E-state index contributed by atoms with van der Waals surface area (Å²) in [5.41, 5.74) is 1.09. The molecule has 1 aromatic rings. The number of rotatable bonds is 8. The summed E-state index contributed by atoms with van der Waals surface area (Å²) in [6.07, 6.45) is 9.65. The zero-order valence-electron chi connectivity index (χ0n) is 19.6. The summed E-state index contributed by atoms with van der Waals surface area (Å²) in [7, 11) is 1.86. The number of hydrogen-bond donors (Lipinski definition) is 3. The summed E-state index contributed by atoms with van der Waals surface area (Å²) in [6.45, 7) is 3.66. The summed E-state index contributed by atoms with van der Waals surface area (Å²) in [6, 6.07) is 9.74. The highest BCUT2D eigenvalue weighted by Gasteiger charge is 2.34. The van der Waals surface area contributed by atoms with Gasteiger partial charge in [0, 0.05) is 32.5 Å². The lowest BCUT2D eigenvalue weighted by atomic mass is 9.82. The minimum absolute atomic E-state index is 0.0989. The van der Waals surface area contributed by atoms with Crippen molar-refractivity contribution >= 4 is 6.03 Å². The third-order valence-corrected chi connectivity index (χ3v) is 6.87. The van der Waals surface area contributed by atoms with Crippen LogP contribution in [0.4, 0.5) is 4.79 Å². The summed E-state index contributed by atoms with van der Waals surface area (Å²) >= 11 is 0. The number of ether oxygens (including phenoxy) is 1. The fraction of sp³-hybridized carbons (Fsp3) is 0.654. The van der Waals surface area contributed by atoms with Crippen molar-refractivity contribution in [2.75, 3.05) is 26.7 Å². The lowest BCUT2D eigenvalue weighted by molar-refractivity contribution is 0.0428. The Balaban J connectivity index is 1.65. The van der Waals surface area contributed by atoms with Gasteiger partial charge in [0.2, 0.25) is 0 Å². The Bertz CT molecular complexity index is 755. The first-order chi connectivity index (χ1) is 15.6. The second-order valence-corrected chi connectivity index (χ2v) is 9.15. The molecule has 32 heavy (non-hydrogen) atoms. The third-order valence-electron chi connectivity index (χ3n) is 6.87. The van der Waals surface area contributed by atoms with Gasteiger partial charge in [0.1, 0.15) is 12.2 Å². The normalized spacial score (nSPS) is 22.2. The molecule has 1 saturated carbocycles. The number of likely N-dealkylation sites (N-methyl/N-ethyl adjacent to an activating group) is 1. The van der Waals surface area contributed by atoms with Crippen LogP contribution in [0.5, 0.6) is 0 Å². The van der Waals surface area contributed by atoms with Gasteiger partial charge < -0.3 is 25.4 Å². The number of benzene rings is 1. The van der Waals surface area contributed by atoms with E-state index >= 15 is 0 Å². The van der Waals surface area contributed by atoms with Crippen molar-refractivity contribution in [1.29, 1.82) is 0 Å². The molecule has 1 aliphatic heterocycles. The third kappa shape index (κ3) is 6.63. The van der Waals surface area contributed by atoms with Gasteiger partial charge in [0.25, 0.3) is 0 Å². The van der Waals surface area contributed by atoms with Crippen LogP contribution in [0.25, 0.3) is 0 Å². The van der Waals surface area contributed by atoms with Crippen LogP contribution in [0.15, 0.2) is 30.3 Å². The van der Waals surface area contributed by atoms with Crippen LogP contribution in [0, 0.1) is 23.9 Å². The first-order valence-electron chi connectivity index (χ1n) is 12.1. The average Bonchev–Trinajstić information content (AvgIpc) is 2.85. The molecular weight excluding hydrogens is 402 g/mol. The van der Waals surface area contributed by atoms with Crippen LogP contribution < -0.4 is 10.6 Å². The fourth-order valence-electron chi connectivity index (χ4n) is 5.17. The molecule has 2 unspecified atom stereocenters. The molecule has 1 saturated heterocycles. The van der Waals surface area contributed by atoms with E-state index in [0.29, 0.717) is 13.1 Å². The summed E-state index contributed by atoms with van der Waals surface area (Å²) in [4.78, 5) is 15.1. The van der Waals surface area contributed by atoms with E-state index in [9.17, 15) is 9.90 Å². The van der Waals surface area contributed by atoms with Crippen LogP contribution in [0.3, 0.4) is 0 Å². The summed E-state index contributed by atoms with van der Waals surface area (Å²) in [5.74, 6) is 3.26. The lowest BCUT2D eigenvalue weighted by Gasteiger charge is -2.38. The van der Waals surface area contributed by atoms with Crippen LogP contribution in [-0.2, 0) is 4.74 Å². The van der Waals surface area contributed by atoms with E-state index in [1.54, 1.807) is 6.92 Å².